The van der Waals surface area contributed by atoms with Crippen LogP contribution in [0.5, 0.6) is 0 Å². The van der Waals surface area contributed by atoms with Gasteiger partial charge in [0, 0.05) is 0 Å². The Balaban J connectivity index is 2.22. The van der Waals surface area contributed by atoms with Gasteiger partial charge in [-0.3, -0.25) is 0 Å². The summed E-state index contributed by atoms with van der Waals surface area (Å²) in [5, 5.41) is 11.4. The highest BCUT2D eigenvalue weighted by Crippen LogP contribution is 2.16. The quantitative estimate of drug-likeness (QED) is 0.682. The summed E-state index contributed by atoms with van der Waals surface area (Å²) >= 11 is 0. The SMILES string of the molecule is CC(C)c1ccc(C2=NN=NC2)cc1. The summed E-state index contributed by atoms with van der Waals surface area (Å²) in [4.78, 5) is 0. The molecule has 0 spiro atoms. The third kappa shape index (κ3) is 1.71. The lowest BCUT2D eigenvalue weighted by molar-refractivity contribution is 0.866. The Labute approximate surface area is 83.6 Å². The molecule has 72 valence electrons. The second-order valence-electron chi connectivity index (χ2n) is 3.71. The van der Waals surface area contributed by atoms with Gasteiger partial charge in [0.05, 0.1) is 5.71 Å². The molecule has 1 aliphatic heterocycles. The van der Waals surface area contributed by atoms with Gasteiger partial charge < -0.3 is 0 Å². The van der Waals surface area contributed by atoms with Crippen LogP contribution in [0.1, 0.15) is 30.9 Å². The van der Waals surface area contributed by atoms with Crippen LogP contribution in [0.3, 0.4) is 0 Å². The molecular weight excluding hydrogens is 174 g/mol. The number of benzene rings is 1. The van der Waals surface area contributed by atoms with Crippen LogP contribution in [0.2, 0.25) is 0 Å². The summed E-state index contributed by atoms with van der Waals surface area (Å²) in [5.41, 5.74) is 3.43. The van der Waals surface area contributed by atoms with Gasteiger partial charge in [0.1, 0.15) is 6.54 Å². The number of nitrogens with zero attached hydrogens (tertiary/aromatic N) is 3. The molecule has 0 radical (unpaired) electrons. The molecule has 3 heteroatoms. The molecule has 1 aliphatic rings. The first-order valence-electron chi connectivity index (χ1n) is 4.81. The Hall–Kier alpha value is -1.51. The van der Waals surface area contributed by atoms with E-state index in [1.165, 1.54) is 5.56 Å². The van der Waals surface area contributed by atoms with E-state index < -0.39 is 0 Å². The van der Waals surface area contributed by atoms with Crippen molar-refractivity contribution in [3.63, 3.8) is 0 Å². The molecule has 0 bridgehead atoms. The van der Waals surface area contributed by atoms with Gasteiger partial charge in [-0.05, 0) is 22.3 Å². The van der Waals surface area contributed by atoms with Crippen LogP contribution in [0, 0.1) is 0 Å². The maximum absolute atomic E-state index is 3.96. The average molecular weight is 187 g/mol. The molecule has 1 aromatic carbocycles. The molecule has 0 aliphatic carbocycles. The van der Waals surface area contributed by atoms with Gasteiger partial charge in [-0.1, -0.05) is 38.1 Å². The molecule has 14 heavy (non-hydrogen) atoms. The Bertz CT molecular complexity index is 374. The first-order valence-corrected chi connectivity index (χ1v) is 4.81. The molecule has 2 rings (SSSR count). The molecule has 0 amide bonds. The topological polar surface area (TPSA) is 37.1 Å². The minimum Gasteiger partial charge on any atom is -0.162 e. The monoisotopic (exact) mass is 187 g/mol. The van der Waals surface area contributed by atoms with Crippen molar-refractivity contribution >= 4 is 5.71 Å². The maximum Gasteiger partial charge on any atom is 0.107 e. The summed E-state index contributed by atoms with van der Waals surface area (Å²) < 4.78 is 0. The van der Waals surface area contributed by atoms with Crippen LogP contribution >= 0.6 is 0 Å². The second kappa shape index (κ2) is 3.70. The van der Waals surface area contributed by atoms with Gasteiger partial charge in [-0.25, -0.2) is 0 Å². The smallest absolute Gasteiger partial charge is 0.107 e. The minimum absolute atomic E-state index is 0.573. The van der Waals surface area contributed by atoms with Crippen molar-refractivity contribution in [1.29, 1.82) is 0 Å². The van der Waals surface area contributed by atoms with Crippen molar-refractivity contribution in [1.82, 2.24) is 0 Å². The van der Waals surface area contributed by atoms with Crippen molar-refractivity contribution in [2.24, 2.45) is 15.4 Å². The van der Waals surface area contributed by atoms with Gasteiger partial charge in [-0.2, -0.15) is 5.11 Å². The predicted molar refractivity (Wildman–Crippen MR) is 56.8 cm³/mol. The van der Waals surface area contributed by atoms with E-state index in [9.17, 15) is 0 Å². The van der Waals surface area contributed by atoms with Crippen molar-refractivity contribution in [3.8, 4) is 0 Å². The Morgan fingerprint density at radius 1 is 1.14 bits per heavy atom. The highest BCUT2D eigenvalue weighted by Gasteiger charge is 2.07. The molecule has 1 heterocycles. The second-order valence-corrected chi connectivity index (χ2v) is 3.71. The summed E-state index contributed by atoms with van der Waals surface area (Å²) in [5.74, 6) is 0.573. The molecule has 0 saturated heterocycles. The van der Waals surface area contributed by atoms with Crippen LogP contribution in [-0.2, 0) is 0 Å². The van der Waals surface area contributed by atoms with E-state index in [1.807, 2.05) is 0 Å². The third-order valence-electron chi connectivity index (χ3n) is 2.36. The van der Waals surface area contributed by atoms with E-state index in [0.717, 1.165) is 11.3 Å². The lowest BCUT2D eigenvalue weighted by Crippen LogP contribution is -2.01. The Kier molecular flexibility index (Phi) is 2.39. The molecular formula is C11H13N3. The summed E-state index contributed by atoms with van der Waals surface area (Å²) in [6, 6.07) is 8.46. The van der Waals surface area contributed by atoms with Crippen molar-refractivity contribution in [2.75, 3.05) is 6.54 Å². The van der Waals surface area contributed by atoms with Gasteiger partial charge in [0.2, 0.25) is 0 Å². The fourth-order valence-corrected chi connectivity index (χ4v) is 1.43. The van der Waals surface area contributed by atoms with E-state index in [4.69, 9.17) is 0 Å². The lowest BCUT2D eigenvalue weighted by atomic mass is 10.0. The van der Waals surface area contributed by atoms with Crippen molar-refractivity contribution in [2.45, 2.75) is 19.8 Å². The maximum atomic E-state index is 3.96. The van der Waals surface area contributed by atoms with Gasteiger partial charge in [0.15, 0.2) is 0 Å². The summed E-state index contributed by atoms with van der Waals surface area (Å²) in [6.07, 6.45) is 0. The van der Waals surface area contributed by atoms with Crippen LogP contribution in [0.15, 0.2) is 39.7 Å². The zero-order valence-electron chi connectivity index (χ0n) is 8.44. The Morgan fingerprint density at radius 3 is 2.36 bits per heavy atom. The molecule has 1 aromatic rings. The van der Waals surface area contributed by atoms with E-state index in [0.29, 0.717) is 12.5 Å². The standard InChI is InChI=1S/C11H13N3/c1-8(2)9-3-5-10(6-4-9)11-7-12-14-13-11/h3-6,8H,7H2,1-2H3. The van der Waals surface area contributed by atoms with Gasteiger partial charge in [0.25, 0.3) is 0 Å². The zero-order chi connectivity index (χ0) is 9.97. The molecule has 0 fully saturated rings. The van der Waals surface area contributed by atoms with Crippen LogP contribution < -0.4 is 0 Å². The Morgan fingerprint density at radius 2 is 1.86 bits per heavy atom. The van der Waals surface area contributed by atoms with E-state index in [2.05, 4.69) is 53.6 Å². The molecule has 3 nitrogen and oxygen atoms in total. The third-order valence-corrected chi connectivity index (χ3v) is 2.36. The molecule has 0 N–H and O–H groups in total. The van der Waals surface area contributed by atoms with Crippen LogP contribution in [0.4, 0.5) is 0 Å². The number of hydrogen-bond acceptors (Lipinski definition) is 3. The summed E-state index contributed by atoms with van der Waals surface area (Å²) in [7, 11) is 0. The fourth-order valence-electron chi connectivity index (χ4n) is 1.43. The first-order chi connectivity index (χ1) is 6.77. The average Bonchev–Trinajstić information content (AvgIpc) is 2.71. The predicted octanol–water partition coefficient (Wildman–Crippen LogP) is 2.98. The molecule has 0 unspecified atom stereocenters. The van der Waals surface area contributed by atoms with Crippen molar-refractivity contribution < 1.29 is 0 Å². The molecule has 0 saturated carbocycles. The summed E-state index contributed by atoms with van der Waals surface area (Å²) in [6.45, 7) is 4.99. The highest BCUT2D eigenvalue weighted by atomic mass is 15.4. The normalized spacial score (nSPS) is 14.9. The first kappa shape index (κ1) is 9.06. The van der Waals surface area contributed by atoms with E-state index >= 15 is 0 Å². The lowest BCUT2D eigenvalue weighted by Gasteiger charge is -2.05. The fraction of sp³-hybridized carbons (Fsp3) is 0.364. The van der Waals surface area contributed by atoms with Crippen LogP contribution in [0.25, 0.3) is 0 Å². The molecule has 0 aromatic heterocycles. The van der Waals surface area contributed by atoms with E-state index in [1.54, 1.807) is 0 Å². The van der Waals surface area contributed by atoms with E-state index in [-0.39, 0.29) is 0 Å². The van der Waals surface area contributed by atoms with Gasteiger partial charge in [-0.15, -0.1) is 5.10 Å². The number of rotatable bonds is 2. The minimum atomic E-state index is 0.573. The van der Waals surface area contributed by atoms with Crippen LogP contribution in [-0.4, -0.2) is 12.3 Å². The number of hydrogen-bond donors (Lipinski definition) is 0. The molecule has 0 atom stereocenters. The highest BCUT2D eigenvalue weighted by molar-refractivity contribution is 6.02. The van der Waals surface area contributed by atoms with Crippen molar-refractivity contribution in [3.05, 3.63) is 35.4 Å². The zero-order valence-corrected chi connectivity index (χ0v) is 8.44. The largest absolute Gasteiger partial charge is 0.162 e. The van der Waals surface area contributed by atoms with Gasteiger partial charge >= 0.3 is 0 Å².